The number of nitrogens with zero attached hydrogens (tertiary/aromatic N) is 2. The molecule has 0 amide bonds. The molecule has 2 aromatic rings. The lowest BCUT2D eigenvalue weighted by Gasteiger charge is -1.89. The van der Waals surface area contributed by atoms with Crippen molar-refractivity contribution in [2.75, 3.05) is 0 Å². The second-order valence-corrected chi connectivity index (χ2v) is 4.30. The molecule has 74 valence electrons. The van der Waals surface area contributed by atoms with Gasteiger partial charge in [-0.15, -0.1) is 11.3 Å². The molecule has 0 aromatic carbocycles. The van der Waals surface area contributed by atoms with Crippen LogP contribution in [0.25, 0.3) is 4.96 Å². The number of rotatable bonds is 2. The molecule has 0 aliphatic heterocycles. The van der Waals surface area contributed by atoms with Crippen LogP contribution in [0.2, 0.25) is 0 Å². The Labute approximate surface area is 84.8 Å². The molecule has 0 saturated heterocycles. The third-order valence-corrected chi connectivity index (χ3v) is 3.16. The van der Waals surface area contributed by atoms with Crippen LogP contribution in [-0.4, -0.2) is 20.5 Å². The number of hydrogen-bond donors (Lipinski definition) is 1. The summed E-state index contributed by atoms with van der Waals surface area (Å²) in [5, 5.41) is 8.63. The molecule has 0 fully saturated rings. The van der Waals surface area contributed by atoms with Crippen molar-refractivity contribution in [1.29, 1.82) is 0 Å². The minimum absolute atomic E-state index is 0.0759. The lowest BCUT2D eigenvalue weighted by atomic mass is 10.4. The van der Waals surface area contributed by atoms with Gasteiger partial charge in [0, 0.05) is 16.8 Å². The summed E-state index contributed by atoms with van der Waals surface area (Å²) in [6.45, 7) is 3.93. The first-order chi connectivity index (χ1) is 6.58. The largest absolute Gasteiger partial charge is 0.481 e. The third-order valence-electron chi connectivity index (χ3n) is 2.18. The zero-order valence-corrected chi connectivity index (χ0v) is 8.76. The average Bonchev–Trinajstić information content (AvgIpc) is 2.54. The number of aromatic nitrogens is 2. The number of carbonyl (C=O) groups is 1. The molecule has 2 rings (SSSR count). The van der Waals surface area contributed by atoms with Crippen LogP contribution >= 0.6 is 11.3 Å². The lowest BCUT2D eigenvalue weighted by molar-refractivity contribution is -0.136. The second-order valence-electron chi connectivity index (χ2n) is 3.20. The fraction of sp³-hybridized carbons (Fsp3) is 0.333. The molecule has 4 nitrogen and oxygen atoms in total. The summed E-state index contributed by atoms with van der Waals surface area (Å²) in [7, 11) is 0. The number of aliphatic carboxylic acids is 1. The molecule has 0 atom stereocenters. The molecule has 14 heavy (non-hydrogen) atoms. The van der Waals surface area contributed by atoms with E-state index in [-0.39, 0.29) is 6.42 Å². The highest BCUT2D eigenvalue weighted by atomic mass is 32.1. The topological polar surface area (TPSA) is 54.6 Å². The van der Waals surface area contributed by atoms with E-state index in [4.69, 9.17) is 5.11 Å². The summed E-state index contributed by atoms with van der Waals surface area (Å²) in [5.74, 6) is -0.802. The molecular weight excluding hydrogens is 200 g/mol. The Kier molecular flexibility index (Phi) is 2.03. The number of imidazole rings is 1. The Hall–Kier alpha value is -1.36. The van der Waals surface area contributed by atoms with Crippen molar-refractivity contribution >= 4 is 22.3 Å². The lowest BCUT2D eigenvalue weighted by Crippen LogP contribution is -1.97. The Bertz CT molecular complexity index is 498. The van der Waals surface area contributed by atoms with Gasteiger partial charge in [-0.1, -0.05) is 0 Å². The van der Waals surface area contributed by atoms with Crippen molar-refractivity contribution in [3.05, 3.63) is 22.5 Å². The average molecular weight is 210 g/mol. The van der Waals surface area contributed by atoms with Crippen molar-refractivity contribution in [2.24, 2.45) is 0 Å². The summed E-state index contributed by atoms with van der Waals surface area (Å²) >= 11 is 1.43. The van der Waals surface area contributed by atoms with Crippen molar-refractivity contribution in [1.82, 2.24) is 9.38 Å². The quantitative estimate of drug-likeness (QED) is 0.819. The van der Waals surface area contributed by atoms with E-state index in [2.05, 4.69) is 4.98 Å². The molecule has 5 heteroatoms. The highest BCUT2D eigenvalue weighted by Crippen LogP contribution is 2.21. The van der Waals surface area contributed by atoms with Gasteiger partial charge in [0.15, 0.2) is 4.96 Å². The molecular formula is C9H10N2O2S. The van der Waals surface area contributed by atoms with Gasteiger partial charge in [-0.3, -0.25) is 9.20 Å². The zero-order valence-electron chi connectivity index (χ0n) is 7.94. The monoisotopic (exact) mass is 210 g/mol. The van der Waals surface area contributed by atoms with Crippen LogP contribution in [0.15, 0.2) is 6.20 Å². The van der Waals surface area contributed by atoms with E-state index in [1.165, 1.54) is 11.3 Å². The van der Waals surface area contributed by atoms with Gasteiger partial charge in [0.05, 0.1) is 12.1 Å². The Morgan fingerprint density at radius 2 is 2.36 bits per heavy atom. The molecule has 0 saturated carbocycles. The summed E-state index contributed by atoms with van der Waals surface area (Å²) in [5.41, 5.74) is 2.08. The first-order valence-corrected chi connectivity index (χ1v) is 5.05. The zero-order chi connectivity index (χ0) is 10.3. The number of fused-ring (bicyclic) bond motifs is 1. The smallest absolute Gasteiger partial charge is 0.308 e. The molecule has 0 bridgehead atoms. The SMILES string of the molecule is Cc1nc2sc(CC(=O)O)cn2c1C. The van der Waals surface area contributed by atoms with Crippen molar-refractivity contribution in [3.8, 4) is 0 Å². The molecule has 0 unspecified atom stereocenters. The number of carboxylic acid groups (broad SMARTS) is 1. The van der Waals surface area contributed by atoms with Gasteiger partial charge < -0.3 is 5.11 Å². The van der Waals surface area contributed by atoms with Crippen LogP contribution in [0.1, 0.15) is 16.3 Å². The predicted octanol–water partition coefficient (Wildman–Crippen LogP) is 1.64. The maximum atomic E-state index is 10.5. The standard InChI is InChI=1S/C9H10N2O2S/c1-5-6(2)11-4-7(3-8(12)13)14-9(11)10-5/h4H,3H2,1-2H3,(H,12,13). The maximum absolute atomic E-state index is 10.5. The number of thiazole rings is 1. The molecule has 2 aromatic heterocycles. The van der Waals surface area contributed by atoms with Crippen LogP contribution in [-0.2, 0) is 11.2 Å². The fourth-order valence-corrected chi connectivity index (χ4v) is 2.40. The van der Waals surface area contributed by atoms with E-state index < -0.39 is 5.97 Å². The summed E-state index contributed by atoms with van der Waals surface area (Å²) in [6, 6.07) is 0. The van der Waals surface area contributed by atoms with Crippen LogP contribution in [0, 0.1) is 13.8 Å². The van der Waals surface area contributed by atoms with Crippen molar-refractivity contribution < 1.29 is 9.90 Å². The number of aryl methyl sites for hydroxylation is 2. The van der Waals surface area contributed by atoms with Gasteiger partial charge in [0.2, 0.25) is 0 Å². The van der Waals surface area contributed by atoms with Crippen LogP contribution in [0.5, 0.6) is 0 Å². The fourth-order valence-electron chi connectivity index (χ4n) is 1.34. The maximum Gasteiger partial charge on any atom is 0.308 e. The van der Waals surface area contributed by atoms with Gasteiger partial charge in [0.1, 0.15) is 0 Å². The van der Waals surface area contributed by atoms with Crippen molar-refractivity contribution in [3.63, 3.8) is 0 Å². The van der Waals surface area contributed by atoms with Crippen LogP contribution < -0.4 is 0 Å². The first kappa shape index (κ1) is 9.21. The van der Waals surface area contributed by atoms with Gasteiger partial charge in [-0.05, 0) is 13.8 Å². The van der Waals surface area contributed by atoms with Gasteiger partial charge >= 0.3 is 5.97 Å². The van der Waals surface area contributed by atoms with E-state index in [0.29, 0.717) is 0 Å². The normalized spacial score (nSPS) is 11.0. The Morgan fingerprint density at radius 1 is 1.64 bits per heavy atom. The van der Waals surface area contributed by atoms with Gasteiger partial charge in [-0.2, -0.15) is 0 Å². The Balaban J connectivity index is 2.48. The third kappa shape index (κ3) is 1.39. The molecule has 2 heterocycles. The van der Waals surface area contributed by atoms with E-state index >= 15 is 0 Å². The summed E-state index contributed by atoms with van der Waals surface area (Å²) < 4.78 is 1.94. The van der Waals surface area contributed by atoms with Crippen LogP contribution in [0.4, 0.5) is 0 Å². The highest BCUT2D eigenvalue weighted by Gasteiger charge is 2.10. The van der Waals surface area contributed by atoms with Crippen LogP contribution in [0.3, 0.4) is 0 Å². The minimum atomic E-state index is -0.802. The minimum Gasteiger partial charge on any atom is -0.481 e. The van der Waals surface area contributed by atoms with Gasteiger partial charge in [0.25, 0.3) is 0 Å². The number of carboxylic acids is 1. The van der Waals surface area contributed by atoms with Gasteiger partial charge in [-0.25, -0.2) is 4.98 Å². The highest BCUT2D eigenvalue weighted by molar-refractivity contribution is 7.17. The van der Waals surface area contributed by atoms with E-state index in [0.717, 1.165) is 21.2 Å². The molecule has 1 N–H and O–H groups in total. The summed E-state index contributed by atoms with van der Waals surface area (Å²) in [4.78, 5) is 16.5. The van der Waals surface area contributed by atoms with E-state index in [9.17, 15) is 4.79 Å². The van der Waals surface area contributed by atoms with Crippen molar-refractivity contribution in [2.45, 2.75) is 20.3 Å². The second kappa shape index (κ2) is 3.09. The Morgan fingerprint density at radius 3 is 2.93 bits per heavy atom. The predicted molar refractivity (Wildman–Crippen MR) is 53.9 cm³/mol. The molecule has 0 radical (unpaired) electrons. The van der Waals surface area contributed by atoms with E-state index in [1.54, 1.807) is 0 Å². The first-order valence-electron chi connectivity index (χ1n) is 4.23. The molecule has 0 aliphatic rings. The van der Waals surface area contributed by atoms with E-state index in [1.807, 2.05) is 24.4 Å². The number of hydrogen-bond acceptors (Lipinski definition) is 3. The molecule has 0 aliphatic carbocycles. The molecule has 0 spiro atoms. The summed E-state index contributed by atoms with van der Waals surface area (Å²) in [6.07, 6.45) is 1.93.